The summed E-state index contributed by atoms with van der Waals surface area (Å²) in [6.07, 6.45) is 3.44. The Bertz CT molecular complexity index is 381. The van der Waals surface area contributed by atoms with Crippen molar-refractivity contribution < 1.29 is 5.11 Å². The Morgan fingerprint density at radius 2 is 2.11 bits per heavy atom. The van der Waals surface area contributed by atoms with Crippen LogP contribution in [-0.4, -0.2) is 41.8 Å². The van der Waals surface area contributed by atoms with Gasteiger partial charge in [0.15, 0.2) is 0 Å². The van der Waals surface area contributed by atoms with Crippen LogP contribution in [0.25, 0.3) is 0 Å². The standard InChI is InChI=1S/C14H26N4O/c1-5-14(2,3)10-15-12-9-13(17-11-16-12)18(4)7-6-8-19/h9,11,19H,5-8,10H2,1-4H3,(H,15,16,17). The average molecular weight is 266 g/mol. The van der Waals surface area contributed by atoms with Crippen molar-refractivity contribution in [3.05, 3.63) is 12.4 Å². The fraction of sp³-hybridized carbons (Fsp3) is 0.714. The molecule has 0 aliphatic heterocycles. The zero-order chi connectivity index (χ0) is 14.3. The lowest BCUT2D eigenvalue weighted by Crippen LogP contribution is -2.23. The van der Waals surface area contributed by atoms with Gasteiger partial charge in [0, 0.05) is 32.8 Å². The van der Waals surface area contributed by atoms with Gasteiger partial charge < -0.3 is 15.3 Å². The Morgan fingerprint density at radius 1 is 1.37 bits per heavy atom. The molecular formula is C14H26N4O. The maximum atomic E-state index is 8.85. The highest BCUT2D eigenvalue weighted by Crippen LogP contribution is 2.20. The van der Waals surface area contributed by atoms with Crippen LogP contribution in [0.15, 0.2) is 12.4 Å². The first kappa shape index (κ1) is 15.7. The third-order valence-corrected chi connectivity index (χ3v) is 3.40. The average Bonchev–Trinajstić information content (AvgIpc) is 2.43. The molecule has 1 aromatic heterocycles. The van der Waals surface area contributed by atoms with Crippen LogP contribution >= 0.6 is 0 Å². The normalized spacial score (nSPS) is 11.4. The van der Waals surface area contributed by atoms with Crippen LogP contribution in [-0.2, 0) is 0 Å². The Morgan fingerprint density at radius 3 is 2.74 bits per heavy atom. The molecule has 0 amide bonds. The summed E-state index contributed by atoms with van der Waals surface area (Å²) < 4.78 is 0. The second-order valence-corrected chi connectivity index (χ2v) is 5.63. The predicted octanol–water partition coefficient (Wildman–Crippen LogP) is 2.14. The number of rotatable bonds is 8. The lowest BCUT2D eigenvalue weighted by molar-refractivity contribution is 0.290. The number of nitrogens with one attached hydrogen (secondary N) is 1. The number of aliphatic hydroxyl groups excluding tert-OH is 1. The van der Waals surface area contributed by atoms with Crippen LogP contribution in [0.5, 0.6) is 0 Å². The summed E-state index contributed by atoms with van der Waals surface area (Å²) in [5.74, 6) is 1.72. The van der Waals surface area contributed by atoms with E-state index in [2.05, 4.69) is 36.1 Å². The summed E-state index contributed by atoms with van der Waals surface area (Å²) in [5, 5.41) is 12.2. The molecule has 0 saturated carbocycles. The first-order valence-electron chi connectivity index (χ1n) is 6.86. The number of aliphatic hydroxyl groups is 1. The largest absolute Gasteiger partial charge is 0.396 e. The predicted molar refractivity (Wildman–Crippen MR) is 79.6 cm³/mol. The highest BCUT2D eigenvalue weighted by molar-refractivity contribution is 5.47. The summed E-state index contributed by atoms with van der Waals surface area (Å²) in [4.78, 5) is 10.5. The van der Waals surface area contributed by atoms with Gasteiger partial charge in [-0.25, -0.2) is 9.97 Å². The quantitative estimate of drug-likeness (QED) is 0.755. The number of anilines is 2. The first-order chi connectivity index (χ1) is 8.98. The van der Waals surface area contributed by atoms with Gasteiger partial charge in [0.05, 0.1) is 0 Å². The van der Waals surface area contributed by atoms with Gasteiger partial charge in [0.2, 0.25) is 0 Å². The number of hydrogen-bond donors (Lipinski definition) is 2. The molecule has 1 heterocycles. The summed E-state index contributed by atoms with van der Waals surface area (Å²) >= 11 is 0. The van der Waals surface area contributed by atoms with E-state index in [9.17, 15) is 0 Å². The molecule has 0 unspecified atom stereocenters. The van der Waals surface area contributed by atoms with Crippen molar-refractivity contribution in [1.82, 2.24) is 9.97 Å². The van der Waals surface area contributed by atoms with Crippen molar-refractivity contribution in [2.24, 2.45) is 5.41 Å². The van der Waals surface area contributed by atoms with Crippen LogP contribution in [0.3, 0.4) is 0 Å². The molecule has 5 heteroatoms. The molecule has 108 valence electrons. The van der Waals surface area contributed by atoms with Crippen LogP contribution < -0.4 is 10.2 Å². The summed E-state index contributed by atoms with van der Waals surface area (Å²) in [5.41, 5.74) is 0.258. The van der Waals surface area contributed by atoms with Crippen molar-refractivity contribution in [3.8, 4) is 0 Å². The van der Waals surface area contributed by atoms with Gasteiger partial charge in [0.25, 0.3) is 0 Å². The smallest absolute Gasteiger partial charge is 0.133 e. The van der Waals surface area contributed by atoms with E-state index < -0.39 is 0 Å². The van der Waals surface area contributed by atoms with Crippen LogP contribution in [0.1, 0.15) is 33.6 Å². The lowest BCUT2D eigenvalue weighted by Gasteiger charge is -2.23. The Kier molecular flexibility index (Phi) is 6.02. The molecule has 19 heavy (non-hydrogen) atoms. The van der Waals surface area contributed by atoms with Crippen molar-refractivity contribution in [2.75, 3.05) is 37.0 Å². The zero-order valence-electron chi connectivity index (χ0n) is 12.5. The topological polar surface area (TPSA) is 61.3 Å². The van der Waals surface area contributed by atoms with E-state index >= 15 is 0 Å². The lowest BCUT2D eigenvalue weighted by atomic mass is 9.90. The fourth-order valence-corrected chi connectivity index (χ4v) is 1.53. The van der Waals surface area contributed by atoms with Gasteiger partial charge in [-0.3, -0.25) is 0 Å². The van der Waals surface area contributed by atoms with E-state index in [1.165, 1.54) is 0 Å². The van der Waals surface area contributed by atoms with E-state index in [1.807, 2.05) is 18.0 Å². The highest BCUT2D eigenvalue weighted by atomic mass is 16.3. The van der Waals surface area contributed by atoms with Gasteiger partial charge in [-0.05, 0) is 18.3 Å². The molecule has 0 bridgehead atoms. The van der Waals surface area contributed by atoms with Gasteiger partial charge in [-0.15, -0.1) is 0 Å². The van der Waals surface area contributed by atoms with E-state index in [0.717, 1.165) is 37.6 Å². The molecule has 0 aliphatic carbocycles. The zero-order valence-corrected chi connectivity index (χ0v) is 12.5. The van der Waals surface area contributed by atoms with Crippen molar-refractivity contribution >= 4 is 11.6 Å². The molecule has 1 rings (SSSR count). The molecule has 0 saturated heterocycles. The van der Waals surface area contributed by atoms with Crippen LogP contribution in [0, 0.1) is 5.41 Å². The summed E-state index contributed by atoms with van der Waals surface area (Å²) in [6.45, 7) is 8.53. The highest BCUT2D eigenvalue weighted by Gasteiger charge is 2.15. The molecule has 0 atom stereocenters. The number of aromatic nitrogens is 2. The van der Waals surface area contributed by atoms with E-state index in [4.69, 9.17) is 5.11 Å². The molecule has 0 spiro atoms. The molecule has 0 aromatic carbocycles. The van der Waals surface area contributed by atoms with Gasteiger partial charge in [-0.1, -0.05) is 20.8 Å². The Hall–Kier alpha value is -1.36. The molecule has 0 aliphatic rings. The second-order valence-electron chi connectivity index (χ2n) is 5.63. The third-order valence-electron chi connectivity index (χ3n) is 3.40. The monoisotopic (exact) mass is 266 g/mol. The van der Waals surface area contributed by atoms with Gasteiger partial charge in [0.1, 0.15) is 18.0 Å². The third kappa shape index (κ3) is 5.42. The fourth-order valence-electron chi connectivity index (χ4n) is 1.53. The second kappa shape index (κ2) is 7.28. The van der Waals surface area contributed by atoms with Gasteiger partial charge >= 0.3 is 0 Å². The van der Waals surface area contributed by atoms with Crippen molar-refractivity contribution in [1.29, 1.82) is 0 Å². The number of hydrogen-bond acceptors (Lipinski definition) is 5. The van der Waals surface area contributed by atoms with Crippen molar-refractivity contribution in [3.63, 3.8) is 0 Å². The summed E-state index contributed by atoms with van der Waals surface area (Å²) in [7, 11) is 1.97. The van der Waals surface area contributed by atoms with E-state index in [-0.39, 0.29) is 12.0 Å². The molecule has 0 radical (unpaired) electrons. The Labute approximate surface area is 116 Å². The first-order valence-corrected chi connectivity index (χ1v) is 6.86. The Balaban J connectivity index is 2.61. The van der Waals surface area contributed by atoms with E-state index in [0.29, 0.717) is 0 Å². The minimum absolute atomic E-state index is 0.200. The SMILES string of the molecule is CCC(C)(C)CNc1cc(N(C)CCCO)ncn1. The van der Waals surface area contributed by atoms with Crippen LogP contribution in [0.4, 0.5) is 11.6 Å². The maximum absolute atomic E-state index is 8.85. The maximum Gasteiger partial charge on any atom is 0.133 e. The molecule has 5 nitrogen and oxygen atoms in total. The van der Waals surface area contributed by atoms with Crippen LogP contribution in [0.2, 0.25) is 0 Å². The van der Waals surface area contributed by atoms with Crippen molar-refractivity contribution in [2.45, 2.75) is 33.6 Å². The molecular weight excluding hydrogens is 240 g/mol. The molecule has 0 fully saturated rings. The van der Waals surface area contributed by atoms with Gasteiger partial charge in [-0.2, -0.15) is 0 Å². The molecule has 2 N–H and O–H groups in total. The minimum Gasteiger partial charge on any atom is -0.396 e. The minimum atomic E-state index is 0.200. The summed E-state index contributed by atoms with van der Waals surface area (Å²) in [6, 6.07) is 1.95. The molecule has 1 aromatic rings. The van der Waals surface area contributed by atoms with E-state index in [1.54, 1.807) is 6.33 Å². The number of nitrogens with zero attached hydrogens (tertiary/aromatic N) is 3.